The highest BCUT2D eigenvalue weighted by molar-refractivity contribution is 6.05. The molecule has 0 aliphatic carbocycles. The van der Waals surface area contributed by atoms with Gasteiger partial charge in [-0.1, -0.05) is 24.3 Å². The fraction of sp³-hybridized carbons (Fsp3) is 0. The summed E-state index contributed by atoms with van der Waals surface area (Å²) in [6.07, 6.45) is 2.85. The molecule has 2 aromatic heterocycles. The summed E-state index contributed by atoms with van der Waals surface area (Å²) < 4.78 is 0. The molecule has 0 radical (unpaired) electrons. The van der Waals surface area contributed by atoms with Gasteiger partial charge in [-0.15, -0.1) is 5.10 Å². The lowest BCUT2D eigenvalue weighted by molar-refractivity contribution is 0.102. The van der Waals surface area contributed by atoms with Crippen LogP contribution in [0.2, 0.25) is 0 Å². The Morgan fingerprint density at radius 2 is 2.05 bits per heavy atom. The highest BCUT2D eigenvalue weighted by Crippen LogP contribution is 2.21. The van der Waals surface area contributed by atoms with Gasteiger partial charge in [0, 0.05) is 5.39 Å². The van der Waals surface area contributed by atoms with E-state index in [0.29, 0.717) is 5.82 Å². The minimum absolute atomic E-state index is 0.111. The molecule has 8 nitrogen and oxygen atoms in total. The van der Waals surface area contributed by atoms with Gasteiger partial charge in [-0.3, -0.25) is 10.1 Å². The van der Waals surface area contributed by atoms with Gasteiger partial charge in [-0.25, -0.2) is 15.8 Å². The molecule has 0 bridgehead atoms. The summed E-state index contributed by atoms with van der Waals surface area (Å²) in [4.78, 5) is 20.2. The number of hydrogen-bond acceptors (Lipinski definition) is 7. The van der Waals surface area contributed by atoms with Crippen molar-refractivity contribution in [2.24, 2.45) is 5.84 Å². The van der Waals surface area contributed by atoms with Crippen molar-refractivity contribution in [2.75, 3.05) is 10.7 Å². The number of anilines is 2. The molecule has 0 atom stereocenters. The Labute approximate surface area is 119 Å². The molecule has 3 rings (SSSR count). The van der Waals surface area contributed by atoms with E-state index in [1.807, 2.05) is 24.3 Å². The van der Waals surface area contributed by atoms with Gasteiger partial charge in [0.15, 0.2) is 0 Å². The number of pyridine rings is 1. The molecule has 0 aliphatic rings. The maximum absolute atomic E-state index is 12.2. The van der Waals surface area contributed by atoms with Crippen LogP contribution in [-0.4, -0.2) is 26.1 Å². The summed E-state index contributed by atoms with van der Waals surface area (Å²) in [5.74, 6) is 5.55. The molecule has 3 aromatic rings. The molecular weight excluding hydrogens is 270 g/mol. The zero-order valence-electron chi connectivity index (χ0n) is 10.8. The monoisotopic (exact) mass is 281 g/mol. The SMILES string of the molecule is NNc1nc(C(=O)Nc2nccnn2)cc2ccccc12. The Kier molecular flexibility index (Phi) is 3.36. The normalized spacial score (nSPS) is 10.3. The number of carbonyl (C=O) groups excluding carboxylic acids is 1. The standard InChI is InChI=1S/C13H11N7O/c14-19-11-9-4-2-1-3-8(9)7-10(17-11)12(21)18-13-15-5-6-16-20-13/h1-7H,14H2,(H,17,19)(H,15,18,20,21). The van der Waals surface area contributed by atoms with Gasteiger partial charge in [0.25, 0.3) is 5.91 Å². The Balaban J connectivity index is 1.98. The second-order valence-electron chi connectivity index (χ2n) is 4.14. The van der Waals surface area contributed by atoms with E-state index in [4.69, 9.17) is 5.84 Å². The van der Waals surface area contributed by atoms with Crippen molar-refractivity contribution >= 4 is 28.4 Å². The third-order valence-electron chi connectivity index (χ3n) is 2.82. The number of fused-ring (bicyclic) bond motifs is 1. The highest BCUT2D eigenvalue weighted by Gasteiger charge is 2.13. The van der Waals surface area contributed by atoms with E-state index in [1.165, 1.54) is 12.4 Å². The second-order valence-corrected chi connectivity index (χ2v) is 4.14. The van der Waals surface area contributed by atoms with Crippen LogP contribution in [-0.2, 0) is 0 Å². The molecule has 0 spiro atoms. The molecule has 8 heteroatoms. The van der Waals surface area contributed by atoms with Gasteiger partial charge in [-0.05, 0) is 11.5 Å². The van der Waals surface area contributed by atoms with Crippen molar-refractivity contribution in [3.05, 3.63) is 48.4 Å². The van der Waals surface area contributed by atoms with E-state index in [9.17, 15) is 4.79 Å². The van der Waals surface area contributed by atoms with Crippen molar-refractivity contribution in [1.29, 1.82) is 0 Å². The first-order valence-corrected chi connectivity index (χ1v) is 6.09. The quantitative estimate of drug-likeness (QED) is 0.483. The van der Waals surface area contributed by atoms with E-state index in [-0.39, 0.29) is 11.6 Å². The molecule has 104 valence electrons. The molecule has 0 aliphatic heterocycles. The first-order valence-electron chi connectivity index (χ1n) is 6.09. The van der Waals surface area contributed by atoms with E-state index >= 15 is 0 Å². The third kappa shape index (κ3) is 2.60. The number of nitrogen functional groups attached to an aromatic ring is 1. The summed E-state index contributed by atoms with van der Waals surface area (Å²) in [6.45, 7) is 0. The van der Waals surface area contributed by atoms with Gasteiger partial charge in [0.2, 0.25) is 5.95 Å². The summed E-state index contributed by atoms with van der Waals surface area (Å²) in [6, 6.07) is 9.14. The molecule has 21 heavy (non-hydrogen) atoms. The molecule has 0 fully saturated rings. The maximum Gasteiger partial charge on any atom is 0.276 e. The summed E-state index contributed by atoms with van der Waals surface area (Å²) in [7, 11) is 0. The number of nitrogens with two attached hydrogens (primary N) is 1. The Hall–Kier alpha value is -3.13. The molecule has 0 unspecified atom stereocenters. The predicted octanol–water partition coefficient (Wildman–Crippen LogP) is 0.958. The molecule has 1 aromatic carbocycles. The first kappa shape index (κ1) is 12.9. The Morgan fingerprint density at radius 1 is 1.19 bits per heavy atom. The van der Waals surface area contributed by atoms with Crippen molar-refractivity contribution in [2.45, 2.75) is 0 Å². The van der Waals surface area contributed by atoms with E-state index in [1.54, 1.807) is 6.07 Å². The Bertz CT molecular complexity index is 791. The molecule has 0 saturated carbocycles. The summed E-state index contributed by atoms with van der Waals surface area (Å²) in [5.41, 5.74) is 2.70. The van der Waals surface area contributed by atoms with Gasteiger partial charge in [0.05, 0.1) is 12.4 Å². The van der Waals surface area contributed by atoms with Crippen LogP contribution in [0.25, 0.3) is 10.8 Å². The Morgan fingerprint density at radius 3 is 2.81 bits per heavy atom. The van der Waals surface area contributed by atoms with Gasteiger partial charge in [-0.2, -0.15) is 5.10 Å². The average Bonchev–Trinajstić information content (AvgIpc) is 2.54. The van der Waals surface area contributed by atoms with Crippen LogP contribution in [0.1, 0.15) is 10.5 Å². The zero-order valence-corrected chi connectivity index (χ0v) is 10.8. The number of hydrogen-bond donors (Lipinski definition) is 3. The number of amides is 1. The largest absolute Gasteiger partial charge is 0.308 e. The zero-order chi connectivity index (χ0) is 14.7. The van der Waals surface area contributed by atoms with Gasteiger partial charge in [0.1, 0.15) is 11.5 Å². The molecular formula is C13H11N7O. The number of carbonyl (C=O) groups is 1. The molecule has 2 heterocycles. The number of benzene rings is 1. The lowest BCUT2D eigenvalue weighted by atomic mass is 10.1. The lowest BCUT2D eigenvalue weighted by Crippen LogP contribution is -2.18. The maximum atomic E-state index is 12.2. The van der Waals surface area contributed by atoms with E-state index < -0.39 is 5.91 Å². The fourth-order valence-electron chi connectivity index (χ4n) is 1.90. The second kappa shape index (κ2) is 5.47. The van der Waals surface area contributed by atoms with Crippen LogP contribution in [0.5, 0.6) is 0 Å². The van der Waals surface area contributed by atoms with E-state index in [0.717, 1.165) is 10.8 Å². The van der Waals surface area contributed by atoms with Crippen molar-refractivity contribution in [1.82, 2.24) is 20.2 Å². The third-order valence-corrected chi connectivity index (χ3v) is 2.82. The smallest absolute Gasteiger partial charge is 0.276 e. The number of aromatic nitrogens is 4. The van der Waals surface area contributed by atoms with E-state index in [2.05, 4.69) is 30.9 Å². The van der Waals surface area contributed by atoms with Gasteiger partial charge < -0.3 is 5.43 Å². The van der Waals surface area contributed by atoms with Crippen LogP contribution in [0, 0.1) is 0 Å². The summed E-state index contributed by atoms with van der Waals surface area (Å²) >= 11 is 0. The van der Waals surface area contributed by atoms with Crippen LogP contribution in [0.15, 0.2) is 42.7 Å². The predicted molar refractivity (Wildman–Crippen MR) is 77.3 cm³/mol. The highest BCUT2D eigenvalue weighted by atomic mass is 16.2. The molecule has 0 saturated heterocycles. The van der Waals surface area contributed by atoms with Crippen LogP contribution in [0.3, 0.4) is 0 Å². The lowest BCUT2D eigenvalue weighted by Gasteiger charge is -2.08. The fourth-order valence-corrected chi connectivity index (χ4v) is 1.90. The van der Waals surface area contributed by atoms with Gasteiger partial charge >= 0.3 is 0 Å². The minimum atomic E-state index is -0.440. The number of rotatable bonds is 3. The van der Waals surface area contributed by atoms with Crippen LogP contribution >= 0.6 is 0 Å². The van der Waals surface area contributed by atoms with Crippen molar-refractivity contribution in [3.63, 3.8) is 0 Å². The minimum Gasteiger partial charge on any atom is -0.308 e. The van der Waals surface area contributed by atoms with Crippen molar-refractivity contribution in [3.8, 4) is 0 Å². The van der Waals surface area contributed by atoms with Crippen molar-refractivity contribution < 1.29 is 4.79 Å². The first-order chi connectivity index (χ1) is 10.3. The topological polar surface area (TPSA) is 119 Å². The average molecular weight is 281 g/mol. The number of nitrogens with one attached hydrogen (secondary N) is 2. The number of hydrazine groups is 1. The van der Waals surface area contributed by atoms with Crippen LogP contribution < -0.4 is 16.6 Å². The molecule has 4 N–H and O–H groups in total. The summed E-state index contributed by atoms with van der Waals surface area (Å²) in [5, 5.41) is 11.5. The van der Waals surface area contributed by atoms with Crippen LogP contribution in [0.4, 0.5) is 11.8 Å². The number of nitrogens with zero attached hydrogens (tertiary/aromatic N) is 4. The molecule has 1 amide bonds.